The molecule has 1 aromatic rings. The van der Waals surface area contributed by atoms with Crippen LogP contribution in [0.25, 0.3) is 0 Å². The van der Waals surface area contributed by atoms with Crippen molar-refractivity contribution in [1.29, 1.82) is 0 Å². The largest absolute Gasteiger partial charge is 0.327 e. The summed E-state index contributed by atoms with van der Waals surface area (Å²) in [6, 6.07) is 12.1. The number of quaternary nitrogens is 1. The van der Waals surface area contributed by atoms with Gasteiger partial charge in [0.1, 0.15) is 6.54 Å². The first-order chi connectivity index (χ1) is 6.61. The monoisotopic (exact) mass is 192 g/mol. The van der Waals surface area contributed by atoms with Gasteiger partial charge in [-0.25, -0.2) is 0 Å². The molecule has 0 aliphatic heterocycles. The van der Waals surface area contributed by atoms with Gasteiger partial charge >= 0.3 is 0 Å². The number of hydrogen-bond acceptors (Lipinski definition) is 0. The Kier molecular flexibility index (Phi) is 4.15. The van der Waals surface area contributed by atoms with Gasteiger partial charge in [0, 0.05) is 5.56 Å². The van der Waals surface area contributed by atoms with Gasteiger partial charge in [0.15, 0.2) is 0 Å². The molecule has 0 saturated carbocycles. The van der Waals surface area contributed by atoms with Crippen molar-refractivity contribution < 1.29 is 4.90 Å². The minimum absolute atomic E-state index is 0.690. The van der Waals surface area contributed by atoms with E-state index in [0.29, 0.717) is 12.1 Å². The molecule has 0 atom stereocenters. The predicted octanol–water partition coefficient (Wildman–Crippen LogP) is 1.89. The molecule has 0 aromatic heterocycles. The van der Waals surface area contributed by atoms with Gasteiger partial charge in [0.25, 0.3) is 0 Å². The third kappa shape index (κ3) is 3.15. The Morgan fingerprint density at radius 2 is 1.43 bits per heavy atom. The second-order valence-corrected chi connectivity index (χ2v) is 4.55. The molecule has 0 bridgehead atoms. The smallest absolute Gasteiger partial charge is 0.103 e. The van der Waals surface area contributed by atoms with Gasteiger partial charge in [-0.3, -0.25) is 0 Å². The van der Waals surface area contributed by atoms with Crippen molar-refractivity contribution in [3.63, 3.8) is 0 Å². The van der Waals surface area contributed by atoms with Gasteiger partial charge in [-0.15, -0.1) is 0 Å². The zero-order valence-corrected chi connectivity index (χ0v) is 9.75. The van der Waals surface area contributed by atoms with E-state index in [-0.39, 0.29) is 0 Å². The average Bonchev–Trinajstić information content (AvgIpc) is 2.15. The Hall–Kier alpha value is -0.820. The first kappa shape index (κ1) is 11.3. The highest BCUT2D eigenvalue weighted by atomic mass is 15.2. The fourth-order valence-electron chi connectivity index (χ4n) is 1.91. The van der Waals surface area contributed by atoms with E-state index in [1.165, 1.54) is 5.56 Å². The highest BCUT2D eigenvalue weighted by Crippen LogP contribution is 1.96. The normalized spacial score (nSPS) is 11.6. The minimum atomic E-state index is 0.690. The molecule has 0 saturated heterocycles. The predicted molar refractivity (Wildman–Crippen MR) is 61.4 cm³/mol. The Bertz CT molecular complexity index is 243. The molecule has 0 aliphatic rings. The van der Waals surface area contributed by atoms with E-state index < -0.39 is 0 Å². The van der Waals surface area contributed by atoms with E-state index in [9.17, 15) is 0 Å². The summed E-state index contributed by atoms with van der Waals surface area (Å²) >= 11 is 0. The number of hydrogen-bond donors (Lipinski definition) is 1. The average molecular weight is 192 g/mol. The summed E-state index contributed by atoms with van der Waals surface area (Å²) in [6.45, 7) is 10.3. The highest BCUT2D eigenvalue weighted by Gasteiger charge is 2.16. The summed E-state index contributed by atoms with van der Waals surface area (Å²) in [4.78, 5) is 1.65. The molecule has 0 unspecified atom stereocenters. The van der Waals surface area contributed by atoms with Crippen molar-refractivity contribution in [2.45, 2.75) is 46.3 Å². The molecule has 1 nitrogen and oxygen atoms in total. The Labute approximate surface area is 87.7 Å². The van der Waals surface area contributed by atoms with E-state index in [1.807, 2.05) is 0 Å². The maximum atomic E-state index is 2.29. The summed E-state index contributed by atoms with van der Waals surface area (Å²) in [5.74, 6) is 0. The number of nitrogens with one attached hydrogen (secondary N) is 1. The third-order valence-electron chi connectivity index (χ3n) is 2.73. The van der Waals surface area contributed by atoms with Crippen molar-refractivity contribution in [3.8, 4) is 0 Å². The Morgan fingerprint density at radius 1 is 0.929 bits per heavy atom. The van der Waals surface area contributed by atoms with Crippen LogP contribution in [-0.2, 0) is 6.54 Å². The van der Waals surface area contributed by atoms with E-state index in [2.05, 4.69) is 58.0 Å². The molecule has 0 amide bonds. The van der Waals surface area contributed by atoms with Crippen LogP contribution in [0.5, 0.6) is 0 Å². The van der Waals surface area contributed by atoms with Crippen LogP contribution in [0.4, 0.5) is 0 Å². The van der Waals surface area contributed by atoms with Crippen molar-refractivity contribution in [1.82, 2.24) is 0 Å². The van der Waals surface area contributed by atoms with Crippen LogP contribution in [-0.4, -0.2) is 12.1 Å². The summed E-state index contributed by atoms with van der Waals surface area (Å²) in [5, 5.41) is 0. The van der Waals surface area contributed by atoms with Crippen LogP contribution in [0.15, 0.2) is 30.3 Å². The molecule has 0 heterocycles. The van der Waals surface area contributed by atoms with Crippen LogP contribution in [0.2, 0.25) is 0 Å². The molecule has 1 rings (SSSR count). The lowest BCUT2D eigenvalue weighted by Gasteiger charge is -2.27. The SMILES string of the molecule is CC(C)[NH+](Cc1ccccc1)C(C)C. The molecule has 0 spiro atoms. The maximum absolute atomic E-state index is 2.29. The molecule has 78 valence electrons. The van der Waals surface area contributed by atoms with E-state index >= 15 is 0 Å². The second kappa shape index (κ2) is 5.16. The topological polar surface area (TPSA) is 4.44 Å². The van der Waals surface area contributed by atoms with Gasteiger partial charge in [-0.1, -0.05) is 30.3 Å². The molecule has 1 aromatic carbocycles. The summed E-state index contributed by atoms with van der Waals surface area (Å²) in [6.07, 6.45) is 0. The molecule has 14 heavy (non-hydrogen) atoms. The van der Waals surface area contributed by atoms with Gasteiger partial charge in [-0.2, -0.15) is 0 Å². The fraction of sp³-hybridized carbons (Fsp3) is 0.538. The first-order valence-corrected chi connectivity index (χ1v) is 5.50. The first-order valence-electron chi connectivity index (χ1n) is 5.50. The Morgan fingerprint density at radius 3 is 1.86 bits per heavy atom. The zero-order chi connectivity index (χ0) is 10.6. The zero-order valence-electron chi connectivity index (χ0n) is 9.75. The maximum Gasteiger partial charge on any atom is 0.103 e. The molecule has 0 fully saturated rings. The molecule has 1 N–H and O–H groups in total. The summed E-state index contributed by atoms with van der Waals surface area (Å²) < 4.78 is 0. The molecule has 0 aliphatic carbocycles. The Balaban J connectivity index is 2.65. The quantitative estimate of drug-likeness (QED) is 0.743. The van der Waals surface area contributed by atoms with Crippen molar-refractivity contribution >= 4 is 0 Å². The van der Waals surface area contributed by atoms with Crippen LogP contribution in [0.3, 0.4) is 0 Å². The van der Waals surface area contributed by atoms with E-state index in [1.54, 1.807) is 4.90 Å². The van der Waals surface area contributed by atoms with Crippen LogP contribution in [0, 0.1) is 0 Å². The standard InChI is InChI=1S/C13H21N/c1-11(2)14(12(3)4)10-13-8-6-5-7-9-13/h5-9,11-12H,10H2,1-4H3/p+1. The van der Waals surface area contributed by atoms with Crippen molar-refractivity contribution in [3.05, 3.63) is 35.9 Å². The highest BCUT2D eigenvalue weighted by molar-refractivity contribution is 5.13. The number of rotatable bonds is 4. The van der Waals surface area contributed by atoms with Gasteiger partial charge < -0.3 is 4.90 Å². The molecule has 1 heteroatoms. The van der Waals surface area contributed by atoms with E-state index in [4.69, 9.17) is 0 Å². The fourth-order valence-corrected chi connectivity index (χ4v) is 1.91. The van der Waals surface area contributed by atoms with E-state index in [0.717, 1.165) is 6.54 Å². The summed E-state index contributed by atoms with van der Waals surface area (Å²) in [7, 11) is 0. The van der Waals surface area contributed by atoms with Crippen LogP contribution >= 0.6 is 0 Å². The van der Waals surface area contributed by atoms with Crippen molar-refractivity contribution in [2.24, 2.45) is 0 Å². The molecular weight excluding hydrogens is 170 g/mol. The lowest BCUT2D eigenvalue weighted by Crippen LogP contribution is -3.16. The number of benzene rings is 1. The second-order valence-electron chi connectivity index (χ2n) is 4.55. The summed E-state index contributed by atoms with van der Waals surface area (Å²) in [5.41, 5.74) is 1.44. The van der Waals surface area contributed by atoms with Gasteiger partial charge in [0.05, 0.1) is 12.1 Å². The molecular formula is C13H22N+. The van der Waals surface area contributed by atoms with Gasteiger partial charge in [-0.05, 0) is 27.7 Å². The van der Waals surface area contributed by atoms with Crippen LogP contribution in [0.1, 0.15) is 33.3 Å². The lowest BCUT2D eigenvalue weighted by molar-refractivity contribution is -0.955. The van der Waals surface area contributed by atoms with Crippen molar-refractivity contribution in [2.75, 3.05) is 0 Å². The lowest BCUT2D eigenvalue weighted by atomic mass is 10.1. The van der Waals surface area contributed by atoms with Gasteiger partial charge in [0.2, 0.25) is 0 Å². The third-order valence-corrected chi connectivity index (χ3v) is 2.73. The minimum Gasteiger partial charge on any atom is -0.327 e. The van der Waals surface area contributed by atoms with Crippen LogP contribution < -0.4 is 4.90 Å². The molecule has 0 radical (unpaired) electrons.